The summed E-state index contributed by atoms with van der Waals surface area (Å²) in [5.74, 6) is 1.06. The fourth-order valence-corrected chi connectivity index (χ4v) is 1.66. The number of carbonyl (C=O) groups excluding carboxylic acids is 1. The largest absolute Gasteiger partial charge is 0.493 e. The summed E-state index contributed by atoms with van der Waals surface area (Å²) in [5.41, 5.74) is 1.42. The minimum absolute atomic E-state index is 0.308. The van der Waals surface area contributed by atoms with Crippen molar-refractivity contribution in [3.63, 3.8) is 0 Å². The molecule has 0 atom stereocenters. The van der Waals surface area contributed by atoms with Gasteiger partial charge >= 0.3 is 5.97 Å². The lowest BCUT2D eigenvalue weighted by Crippen LogP contribution is -2.04. The zero-order valence-electron chi connectivity index (χ0n) is 12.6. The molecule has 0 heterocycles. The van der Waals surface area contributed by atoms with E-state index in [1.165, 1.54) is 0 Å². The van der Waals surface area contributed by atoms with Crippen LogP contribution in [0, 0.1) is 0 Å². The molecule has 0 spiro atoms. The van der Waals surface area contributed by atoms with Crippen molar-refractivity contribution >= 4 is 12.0 Å². The highest BCUT2D eigenvalue weighted by atomic mass is 16.5. The van der Waals surface area contributed by atoms with Gasteiger partial charge in [0.15, 0.2) is 11.5 Å². The zero-order valence-corrected chi connectivity index (χ0v) is 12.6. The van der Waals surface area contributed by atoms with Crippen LogP contribution in [0.2, 0.25) is 0 Å². The Labute approximate surface area is 120 Å². The lowest BCUT2D eigenvalue weighted by Gasteiger charge is -2.10. The second-order valence-corrected chi connectivity index (χ2v) is 4.31. The highest BCUT2D eigenvalue weighted by molar-refractivity contribution is 5.93. The van der Waals surface area contributed by atoms with E-state index in [2.05, 4.69) is 0 Å². The first kappa shape index (κ1) is 16.1. The van der Waals surface area contributed by atoms with Gasteiger partial charge in [-0.25, -0.2) is 4.79 Å². The van der Waals surface area contributed by atoms with E-state index in [1.807, 2.05) is 25.1 Å². The lowest BCUT2D eigenvalue weighted by molar-refractivity contribution is -0.138. The van der Waals surface area contributed by atoms with Gasteiger partial charge in [0.05, 0.1) is 20.3 Å². The molecule has 4 nitrogen and oxygen atoms in total. The first-order valence-electron chi connectivity index (χ1n) is 6.78. The van der Waals surface area contributed by atoms with Gasteiger partial charge in [-0.3, -0.25) is 0 Å². The summed E-state index contributed by atoms with van der Waals surface area (Å²) < 4.78 is 15.8. The van der Waals surface area contributed by atoms with Gasteiger partial charge in [0.2, 0.25) is 0 Å². The van der Waals surface area contributed by atoms with Gasteiger partial charge in [0.1, 0.15) is 0 Å². The molecule has 0 radical (unpaired) electrons. The Morgan fingerprint density at radius 1 is 1.25 bits per heavy atom. The van der Waals surface area contributed by atoms with Crippen molar-refractivity contribution in [2.75, 3.05) is 20.3 Å². The molecule has 0 aliphatic carbocycles. The Balaban J connectivity index is 2.92. The number of carbonyl (C=O) groups is 1. The standard InChI is InChI=1S/C16H22O4/c1-5-9-20-14-8-7-13(11-15(14)18-4)10-12(3)16(17)19-6-2/h7-8,10-11H,5-6,9H2,1-4H3/b12-10-. The molecule has 0 fully saturated rings. The first-order chi connectivity index (χ1) is 9.62. The lowest BCUT2D eigenvalue weighted by atomic mass is 10.1. The maximum absolute atomic E-state index is 11.6. The van der Waals surface area contributed by atoms with E-state index >= 15 is 0 Å². The zero-order chi connectivity index (χ0) is 15.0. The number of benzene rings is 1. The minimum Gasteiger partial charge on any atom is -0.493 e. The molecule has 0 unspecified atom stereocenters. The summed E-state index contributed by atoms with van der Waals surface area (Å²) in [7, 11) is 1.60. The van der Waals surface area contributed by atoms with Gasteiger partial charge in [0.25, 0.3) is 0 Å². The van der Waals surface area contributed by atoms with E-state index in [0.717, 1.165) is 12.0 Å². The van der Waals surface area contributed by atoms with Crippen molar-refractivity contribution in [3.05, 3.63) is 29.3 Å². The van der Waals surface area contributed by atoms with E-state index in [9.17, 15) is 4.79 Å². The molecule has 0 saturated heterocycles. The van der Waals surface area contributed by atoms with Crippen molar-refractivity contribution in [3.8, 4) is 11.5 Å². The molecular weight excluding hydrogens is 256 g/mol. The van der Waals surface area contributed by atoms with Crippen LogP contribution in [0.3, 0.4) is 0 Å². The van der Waals surface area contributed by atoms with Crippen LogP contribution >= 0.6 is 0 Å². The second kappa shape index (κ2) is 8.25. The molecule has 0 bridgehead atoms. The van der Waals surface area contributed by atoms with Crippen molar-refractivity contribution in [2.24, 2.45) is 0 Å². The van der Waals surface area contributed by atoms with E-state index in [-0.39, 0.29) is 5.97 Å². The molecule has 4 heteroatoms. The van der Waals surface area contributed by atoms with E-state index in [0.29, 0.717) is 30.3 Å². The molecule has 0 N–H and O–H groups in total. The number of hydrogen-bond acceptors (Lipinski definition) is 4. The molecule has 20 heavy (non-hydrogen) atoms. The molecular formula is C16H22O4. The quantitative estimate of drug-likeness (QED) is 0.566. The van der Waals surface area contributed by atoms with Crippen LogP contribution in [0.25, 0.3) is 6.08 Å². The SMILES string of the molecule is CCCOc1ccc(/C=C(/C)C(=O)OCC)cc1OC. The maximum Gasteiger partial charge on any atom is 0.333 e. The van der Waals surface area contributed by atoms with Gasteiger partial charge < -0.3 is 14.2 Å². The fraction of sp³-hybridized carbons (Fsp3) is 0.438. The highest BCUT2D eigenvalue weighted by Gasteiger charge is 2.07. The number of hydrogen-bond donors (Lipinski definition) is 0. The molecule has 0 saturated carbocycles. The van der Waals surface area contributed by atoms with Crippen LogP contribution in [0.15, 0.2) is 23.8 Å². The van der Waals surface area contributed by atoms with E-state index < -0.39 is 0 Å². The Morgan fingerprint density at radius 3 is 2.60 bits per heavy atom. The summed E-state index contributed by atoms with van der Waals surface area (Å²) >= 11 is 0. The first-order valence-corrected chi connectivity index (χ1v) is 6.78. The van der Waals surface area contributed by atoms with Crippen LogP contribution in [0.1, 0.15) is 32.8 Å². The Bertz CT molecular complexity index is 477. The van der Waals surface area contributed by atoms with Crippen LogP contribution in [-0.4, -0.2) is 26.3 Å². The predicted octanol–water partition coefficient (Wildman–Crippen LogP) is 3.45. The average Bonchev–Trinajstić information content (AvgIpc) is 2.45. The Hall–Kier alpha value is -1.97. The van der Waals surface area contributed by atoms with Gasteiger partial charge in [-0.05, 0) is 44.0 Å². The summed E-state index contributed by atoms with van der Waals surface area (Å²) in [6.45, 7) is 6.58. The molecule has 110 valence electrons. The predicted molar refractivity (Wildman–Crippen MR) is 79.1 cm³/mol. The third-order valence-electron chi connectivity index (χ3n) is 2.63. The van der Waals surface area contributed by atoms with Gasteiger partial charge in [-0.2, -0.15) is 0 Å². The molecule has 0 aromatic heterocycles. The smallest absolute Gasteiger partial charge is 0.333 e. The Kier molecular flexibility index (Phi) is 6.64. The summed E-state index contributed by atoms with van der Waals surface area (Å²) in [6.07, 6.45) is 2.71. The van der Waals surface area contributed by atoms with Crippen molar-refractivity contribution in [2.45, 2.75) is 27.2 Å². The summed E-state index contributed by atoms with van der Waals surface area (Å²) in [6, 6.07) is 5.57. The number of esters is 1. The number of ether oxygens (including phenoxy) is 3. The molecule has 1 rings (SSSR count). The third-order valence-corrected chi connectivity index (χ3v) is 2.63. The van der Waals surface area contributed by atoms with Gasteiger partial charge in [-0.15, -0.1) is 0 Å². The van der Waals surface area contributed by atoms with Crippen LogP contribution in [0.5, 0.6) is 11.5 Å². The number of rotatable bonds is 7. The maximum atomic E-state index is 11.6. The fourth-order valence-electron chi connectivity index (χ4n) is 1.66. The molecule has 0 aliphatic rings. The molecule has 1 aromatic carbocycles. The third kappa shape index (κ3) is 4.61. The highest BCUT2D eigenvalue weighted by Crippen LogP contribution is 2.29. The normalized spacial score (nSPS) is 11.1. The summed E-state index contributed by atoms with van der Waals surface area (Å²) in [5, 5.41) is 0. The van der Waals surface area contributed by atoms with Gasteiger partial charge in [-0.1, -0.05) is 13.0 Å². The van der Waals surface area contributed by atoms with Crippen molar-refractivity contribution in [1.29, 1.82) is 0 Å². The van der Waals surface area contributed by atoms with Crippen LogP contribution < -0.4 is 9.47 Å². The number of methoxy groups -OCH3 is 1. The Morgan fingerprint density at radius 2 is 2.00 bits per heavy atom. The second-order valence-electron chi connectivity index (χ2n) is 4.31. The van der Waals surface area contributed by atoms with Gasteiger partial charge in [0, 0.05) is 5.57 Å². The van der Waals surface area contributed by atoms with Crippen LogP contribution in [0.4, 0.5) is 0 Å². The minimum atomic E-state index is -0.308. The molecule has 0 amide bonds. The van der Waals surface area contributed by atoms with Crippen molar-refractivity contribution in [1.82, 2.24) is 0 Å². The molecule has 0 aliphatic heterocycles. The molecule has 1 aromatic rings. The van der Waals surface area contributed by atoms with E-state index in [4.69, 9.17) is 14.2 Å². The average molecular weight is 278 g/mol. The van der Waals surface area contributed by atoms with Crippen molar-refractivity contribution < 1.29 is 19.0 Å². The van der Waals surface area contributed by atoms with Crippen LogP contribution in [-0.2, 0) is 9.53 Å². The topological polar surface area (TPSA) is 44.8 Å². The van der Waals surface area contributed by atoms with E-state index in [1.54, 1.807) is 27.0 Å². The monoisotopic (exact) mass is 278 g/mol. The summed E-state index contributed by atoms with van der Waals surface area (Å²) in [4.78, 5) is 11.6.